The summed E-state index contributed by atoms with van der Waals surface area (Å²) in [5, 5.41) is 3.79. The summed E-state index contributed by atoms with van der Waals surface area (Å²) in [5.74, 6) is 0.647. The van der Waals surface area contributed by atoms with Crippen molar-refractivity contribution in [2.45, 2.75) is 38.8 Å². The first kappa shape index (κ1) is 12.1. The van der Waals surface area contributed by atoms with Gasteiger partial charge in [-0.25, -0.2) is 4.98 Å². The van der Waals surface area contributed by atoms with Gasteiger partial charge in [0.05, 0.1) is 0 Å². The zero-order valence-corrected chi connectivity index (χ0v) is 11.7. The Hall–Kier alpha value is -0.940. The Balaban J connectivity index is 1.71. The van der Waals surface area contributed by atoms with Crippen molar-refractivity contribution < 1.29 is 4.79 Å². The lowest BCUT2D eigenvalue weighted by atomic mass is 9.79. The highest BCUT2D eigenvalue weighted by atomic mass is 32.1. The summed E-state index contributed by atoms with van der Waals surface area (Å²) < 4.78 is 0. The SMILES string of the molecule is Cc1cnc(C(=O)NC2C3CCN(CC3)C2C)s1. The number of nitrogens with one attached hydrogen (secondary N) is 1. The van der Waals surface area contributed by atoms with Gasteiger partial charge in [-0.3, -0.25) is 9.69 Å². The molecule has 0 aromatic carbocycles. The van der Waals surface area contributed by atoms with E-state index in [2.05, 4.69) is 22.1 Å². The predicted octanol–water partition coefficient (Wildman–Crippen LogP) is 1.66. The van der Waals surface area contributed by atoms with Gasteiger partial charge in [-0.1, -0.05) is 0 Å². The maximum Gasteiger partial charge on any atom is 0.280 e. The number of thiazole rings is 1. The molecule has 1 amide bonds. The molecular formula is C13H19N3OS. The van der Waals surface area contributed by atoms with E-state index < -0.39 is 0 Å². The van der Waals surface area contributed by atoms with Crippen LogP contribution in [0.3, 0.4) is 0 Å². The third kappa shape index (κ3) is 2.06. The Labute approximate surface area is 111 Å². The van der Waals surface area contributed by atoms with E-state index in [0.29, 0.717) is 23.0 Å². The van der Waals surface area contributed by atoms with Gasteiger partial charge in [0.2, 0.25) is 0 Å². The summed E-state index contributed by atoms with van der Waals surface area (Å²) >= 11 is 1.47. The normalized spacial score (nSPS) is 34.6. The van der Waals surface area contributed by atoms with E-state index in [-0.39, 0.29) is 5.91 Å². The molecule has 3 aliphatic heterocycles. The molecule has 1 N–H and O–H groups in total. The molecule has 3 fully saturated rings. The molecule has 0 radical (unpaired) electrons. The number of rotatable bonds is 2. The van der Waals surface area contributed by atoms with E-state index in [1.165, 1.54) is 37.3 Å². The van der Waals surface area contributed by atoms with E-state index in [9.17, 15) is 4.79 Å². The fourth-order valence-electron chi connectivity index (χ4n) is 3.22. The van der Waals surface area contributed by atoms with Crippen molar-refractivity contribution in [2.24, 2.45) is 5.92 Å². The average Bonchev–Trinajstić information content (AvgIpc) is 2.81. The minimum atomic E-state index is -0.00120. The van der Waals surface area contributed by atoms with Gasteiger partial charge in [-0.2, -0.15) is 0 Å². The molecule has 4 nitrogen and oxygen atoms in total. The monoisotopic (exact) mass is 265 g/mol. The van der Waals surface area contributed by atoms with Gasteiger partial charge < -0.3 is 5.32 Å². The Bertz CT molecular complexity index is 449. The first-order valence-corrected chi connectivity index (χ1v) is 7.44. The molecule has 3 aliphatic rings. The second kappa shape index (κ2) is 4.63. The molecule has 0 aliphatic carbocycles. The van der Waals surface area contributed by atoms with E-state index in [0.717, 1.165) is 4.88 Å². The predicted molar refractivity (Wildman–Crippen MR) is 71.9 cm³/mol. The molecule has 2 atom stereocenters. The molecule has 4 rings (SSSR count). The van der Waals surface area contributed by atoms with Crippen LogP contribution < -0.4 is 5.32 Å². The highest BCUT2D eigenvalue weighted by Gasteiger charge is 2.40. The smallest absolute Gasteiger partial charge is 0.280 e. The molecule has 18 heavy (non-hydrogen) atoms. The van der Waals surface area contributed by atoms with Crippen LogP contribution in [0.1, 0.15) is 34.4 Å². The van der Waals surface area contributed by atoms with Crippen LogP contribution in [0.2, 0.25) is 0 Å². The summed E-state index contributed by atoms with van der Waals surface area (Å²) in [6.45, 7) is 6.58. The van der Waals surface area contributed by atoms with Crippen molar-refractivity contribution in [1.29, 1.82) is 0 Å². The van der Waals surface area contributed by atoms with E-state index in [4.69, 9.17) is 0 Å². The van der Waals surface area contributed by atoms with Crippen molar-refractivity contribution in [3.05, 3.63) is 16.1 Å². The molecule has 2 unspecified atom stereocenters. The summed E-state index contributed by atoms with van der Waals surface area (Å²) in [5.41, 5.74) is 0. The van der Waals surface area contributed by atoms with E-state index in [1.54, 1.807) is 6.20 Å². The molecule has 98 valence electrons. The van der Waals surface area contributed by atoms with Gasteiger partial charge in [0.1, 0.15) is 0 Å². The second-order valence-electron chi connectivity index (χ2n) is 5.39. The molecule has 5 heteroatoms. The number of hydrogen-bond donors (Lipinski definition) is 1. The molecule has 3 saturated heterocycles. The van der Waals surface area contributed by atoms with Crippen LogP contribution in [-0.4, -0.2) is 41.0 Å². The Morgan fingerprint density at radius 2 is 2.22 bits per heavy atom. The van der Waals surface area contributed by atoms with Crippen LogP contribution in [0.15, 0.2) is 6.20 Å². The van der Waals surface area contributed by atoms with Gasteiger partial charge in [0.25, 0.3) is 5.91 Å². The van der Waals surface area contributed by atoms with Gasteiger partial charge in [-0.15, -0.1) is 11.3 Å². The highest BCUT2D eigenvalue weighted by molar-refractivity contribution is 7.13. The zero-order valence-electron chi connectivity index (χ0n) is 10.8. The molecule has 1 aromatic rings. The number of carbonyl (C=O) groups excluding carboxylic acids is 1. The van der Waals surface area contributed by atoms with E-state index in [1.807, 2.05) is 6.92 Å². The number of piperidine rings is 3. The quantitative estimate of drug-likeness (QED) is 0.884. The molecule has 4 heterocycles. The highest BCUT2D eigenvalue weighted by Crippen LogP contribution is 2.32. The van der Waals surface area contributed by atoms with Gasteiger partial charge >= 0.3 is 0 Å². The van der Waals surface area contributed by atoms with Crippen molar-refractivity contribution in [2.75, 3.05) is 13.1 Å². The van der Waals surface area contributed by atoms with E-state index >= 15 is 0 Å². The molecule has 1 aromatic heterocycles. The molecule has 0 saturated carbocycles. The maximum atomic E-state index is 12.2. The Morgan fingerprint density at radius 1 is 1.50 bits per heavy atom. The lowest BCUT2D eigenvalue weighted by Gasteiger charge is -2.49. The number of nitrogens with zero attached hydrogens (tertiary/aromatic N) is 2. The van der Waals surface area contributed by atoms with Crippen LogP contribution in [-0.2, 0) is 0 Å². The van der Waals surface area contributed by atoms with Crippen LogP contribution in [0.5, 0.6) is 0 Å². The maximum absolute atomic E-state index is 12.2. The topological polar surface area (TPSA) is 45.2 Å². The molecule has 0 spiro atoms. The first-order chi connectivity index (χ1) is 8.65. The lowest BCUT2D eigenvalue weighted by molar-refractivity contribution is 0.0217. The number of amides is 1. The largest absolute Gasteiger partial charge is 0.345 e. The van der Waals surface area contributed by atoms with Crippen LogP contribution in [0.25, 0.3) is 0 Å². The fraction of sp³-hybridized carbons (Fsp3) is 0.692. The summed E-state index contributed by atoms with van der Waals surface area (Å²) in [4.78, 5) is 19.9. The fourth-order valence-corrected chi connectivity index (χ4v) is 3.89. The average molecular weight is 265 g/mol. The van der Waals surface area contributed by atoms with Crippen LogP contribution in [0, 0.1) is 12.8 Å². The number of hydrogen-bond acceptors (Lipinski definition) is 4. The van der Waals surface area contributed by atoms with Crippen LogP contribution >= 0.6 is 11.3 Å². The number of fused-ring (bicyclic) bond motifs is 3. The third-order valence-corrected chi connectivity index (χ3v) is 5.20. The number of aromatic nitrogens is 1. The summed E-state index contributed by atoms with van der Waals surface area (Å²) in [6.07, 6.45) is 4.19. The zero-order chi connectivity index (χ0) is 12.7. The summed E-state index contributed by atoms with van der Waals surface area (Å²) in [6, 6.07) is 0.756. The molecular weight excluding hydrogens is 246 g/mol. The van der Waals surface area contributed by atoms with Crippen molar-refractivity contribution in [3.8, 4) is 0 Å². The molecule has 2 bridgehead atoms. The van der Waals surface area contributed by atoms with Crippen LogP contribution in [0.4, 0.5) is 0 Å². The van der Waals surface area contributed by atoms with Crippen molar-refractivity contribution in [1.82, 2.24) is 15.2 Å². The lowest BCUT2D eigenvalue weighted by Crippen LogP contribution is -2.62. The third-order valence-electron chi connectivity index (χ3n) is 4.29. The number of carbonyl (C=O) groups is 1. The number of aryl methyl sites for hydroxylation is 1. The Morgan fingerprint density at radius 3 is 2.78 bits per heavy atom. The minimum Gasteiger partial charge on any atom is -0.345 e. The second-order valence-corrected chi connectivity index (χ2v) is 6.62. The Kier molecular flexibility index (Phi) is 3.11. The first-order valence-electron chi connectivity index (χ1n) is 6.62. The standard InChI is InChI=1S/C13H19N3OS/c1-8-7-14-13(18-8)12(17)15-11-9(2)16-5-3-10(11)4-6-16/h7,9-11H,3-6H2,1-2H3,(H,15,17). The van der Waals surface area contributed by atoms with Crippen molar-refractivity contribution in [3.63, 3.8) is 0 Å². The summed E-state index contributed by atoms with van der Waals surface area (Å²) in [7, 11) is 0. The van der Waals surface area contributed by atoms with Crippen molar-refractivity contribution >= 4 is 17.2 Å². The van der Waals surface area contributed by atoms with Gasteiger partial charge in [0, 0.05) is 23.2 Å². The van der Waals surface area contributed by atoms with Gasteiger partial charge in [0.15, 0.2) is 5.01 Å². The minimum absolute atomic E-state index is 0.00120. The van der Waals surface area contributed by atoms with Gasteiger partial charge in [-0.05, 0) is 45.7 Å².